The van der Waals surface area contributed by atoms with Gasteiger partial charge in [-0.05, 0) is 12.0 Å². The minimum absolute atomic E-state index is 0.0907. The summed E-state index contributed by atoms with van der Waals surface area (Å²) in [4.78, 5) is 21.3. The molecule has 0 saturated carbocycles. The van der Waals surface area contributed by atoms with Crippen LogP contribution in [0.25, 0.3) is 5.69 Å². The Kier molecular flexibility index (Phi) is 3.90. The molecule has 0 aliphatic carbocycles. The summed E-state index contributed by atoms with van der Waals surface area (Å²) in [6.07, 6.45) is 0. The minimum atomic E-state index is -1.19. The van der Waals surface area contributed by atoms with Crippen LogP contribution in [0, 0.1) is 10.1 Å². The van der Waals surface area contributed by atoms with Crippen LogP contribution in [-0.2, 0) is 0 Å². The zero-order valence-corrected chi connectivity index (χ0v) is 11.9. The highest BCUT2D eigenvalue weighted by atomic mass is 35.5. The zero-order valence-electron chi connectivity index (χ0n) is 11.1. The third kappa shape index (κ3) is 2.70. The predicted molar refractivity (Wildman–Crippen MR) is 74.1 cm³/mol. The number of carboxylic acid groups (broad SMARTS) is 1. The number of benzene rings is 1. The molecule has 0 aliphatic heterocycles. The Balaban J connectivity index is 2.62. The van der Waals surface area contributed by atoms with Gasteiger partial charge in [0.05, 0.1) is 21.3 Å². The number of carboxylic acids is 1. The molecule has 1 aromatic heterocycles. The average molecular weight is 311 g/mol. The molecule has 2 aromatic rings. The maximum atomic E-state index is 11.2. The van der Waals surface area contributed by atoms with Gasteiger partial charge in [-0.25, -0.2) is 9.48 Å². The van der Waals surface area contributed by atoms with E-state index in [1.807, 2.05) is 0 Å². The van der Waals surface area contributed by atoms with E-state index in [2.05, 4.69) is 10.3 Å². The van der Waals surface area contributed by atoms with E-state index in [-0.39, 0.29) is 22.3 Å². The Labute approximate surface area is 124 Å². The van der Waals surface area contributed by atoms with Crippen LogP contribution in [0.2, 0.25) is 5.02 Å². The number of hydrogen-bond donors (Lipinski definition) is 1. The summed E-state index contributed by atoms with van der Waals surface area (Å²) in [7, 11) is 0. The summed E-state index contributed by atoms with van der Waals surface area (Å²) in [5, 5.41) is 27.3. The van der Waals surface area contributed by atoms with Crippen LogP contribution in [0.3, 0.4) is 0 Å². The largest absolute Gasteiger partial charge is 0.476 e. The van der Waals surface area contributed by atoms with Crippen LogP contribution >= 0.6 is 11.6 Å². The molecule has 0 unspecified atom stereocenters. The number of nitro groups is 1. The molecule has 0 atom stereocenters. The summed E-state index contributed by atoms with van der Waals surface area (Å²) in [6, 6.07) is 3.86. The molecule has 1 aromatic carbocycles. The molecule has 0 saturated heterocycles. The fourth-order valence-electron chi connectivity index (χ4n) is 1.92. The highest BCUT2D eigenvalue weighted by molar-refractivity contribution is 6.32. The Morgan fingerprint density at radius 1 is 1.48 bits per heavy atom. The van der Waals surface area contributed by atoms with Crippen LogP contribution < -0.4 is 0 Å². The van der Waals surface area contributed by atoms with Crippen molar-refractivity contribution in [3.05, 3.63) is 44.7 Å². The van der Waals surface area contributed by atoms with Crippen molar-refractivity contribution in [3.8, 4) is 5.69 Å². The lowest BCUT2D eigenvalue weighted by molar-refractivity contribution is -0.384. The van der Waals surface area contributed by atoms with E-state index in [0.29, 0.717) is 11.4 Å². The fraction of sp³-hybridized carbons (Fsp3) is 0.250. The van der Waals surface area contributed by atoms with Gasteiger partial charge in [0.1, 0.15) is 0 Å². The number of aromatic nitrogens is 3. The summed E-state index contributed by atoms with van der Waals surface area (Å²) in [5.74, 6) is -1.36. The van der Waals surface area contributed by atoms with Crippen LogP contribution in [0.5, 0.6) is 0 Å². The summed E-state index contributed by atoms with van der Waals surface area (Å²) in [5.41, 5.74) is 0.386. The number of carbonyl (C=O) groups is 1. The van der Waals surface area contributed by atoms with Gasteiger partial charge in [0, 0.05) is 12.1 Å². The predicted octanol–water partition coefficient (Wildman–Crippen LogP) is 2.65. The van der Waals surface area contributed by atoms with Gasteiger partial charge in [-0.15, -0.1) is 5.10 Å². The molecule has 110 valence electrons. The lowest BCUT2D eigenvalue weighted by atomic mass is 10.1. The highest BCUT2D eigenvalue weighted by Gasteiger charge is 2.24. The van der Waals surface area contributed by atoms with Crippen molar-refractivity contribution < 1.29 is 14.8 Å². The smallest absolute Gasteiger partial charge is 0.358 e. The van der Waals surface area contributed by atoms with Gasteiger partial charge >= 0.3 is 5.97 Å². The van der Waals surface area contributed by atoms with E-state index in [1.165, 1.54) is 22.9 Å². The standard InChI is InChI=1S/C12H11ClN4O4/c1-6(2)11-10(12(18)19)14-15-16(11)9-4-3-7(17(20)21)5-8(9)13/h3-6H,1-2H3,(H,18,19). The Morgan fingerprint density at radius 3 is 2.62 bits per heavy atom. The number of non-ortho nitro benzene ring substituents is 1. The maximum absolute atomic E-state index is 11.2. The number of hydrogen-bond acceptors (Lipinski definition) is 5. The number of nitrogens with zero attached hydrogens (tertiary/aromatic N) is 4. The van der Waals surface area contributed by atoms with Crippen molar-refractivity contribution in [2.45, 2.75) is 19.8 Å². The van der Waals surface area contributed by atoms with E-state index in [9.17, 15) is 14.9 Å². The fourth-order valence-corrected chi connectivity index (χ4v) is 2.17. The monoisotopic (exact) mass is 310 g/mol. The normalized spacial score (nSPS) is 10.9. The van der Waals surface area contributed by atoms with Crippen molar-refractivity contribution in [2.75, 3.05) is 0 Å². The quantitative estimate of drug-likeness (QED) is 0.686. The van der Waals surface area contributed by atoms with Gasteiger partial charge in [0.15, 0.2) is 5.69 Å². The molecule has 0 bridgehead atoms. The molecule has 9 heteroatoms. The van der Waals surface area contributed by atoms with E-state index >= 15 is 0 Å². The van der Waals surface area contributed by atoms with Gasteiger partial charge in [0.2, 0.25) is 0 Å². The number of halogens is 1. The van der Waals surface area contributed by atoms with Crippen LogP contribution in [0.15, 0.2) is 18.2 Å². The van der Waals surface area contributed by atoms with Crippen molar-refractivity contribution in [1.29, 1.82) is 0 Å². The average Bonchev–Trinajstić information content (AvgIpc) is 2.83. The van der Waals surface area contributed by atoms with E-state index < -0.39 is 10.9 Å². The van der Waals surface area contributed by atoms with Crippen LogP contribution in [-0.4, -0.2) is 31.0 Å². The SMILES string of the molecule is CC(C)c1c(C(=O)O)nnn1-c1ccc([N+](=O)[O-])cc1Cl. The molecule has 8 nitrogen and oxygen atoms in total. The highest BCUT2D eigenvalue weighted by Crippen LogP contribution is 2.28. The zero-order chi connectivity index (χ0) is 15.7. The van der Waals surface area contributed by atoms with E-state index in [1.54, 1.807) is 13.8 Å². The molecule has 0 radical (unpaired) electrons. The first-order valence-corrected chi connectivity index (χ1v) is 6.34. The number of nitro benzene ring substituents is 1. The van der Waals surface area contributed by atoms with Crippen molar-refractivity contribution >= 4 is 23.3 Å². The van der Waals surface area contributed by atoms with Gasteiger partial charge < -0.3 is 5.11 Å². The molecule has 0 fully saturated rings. The van der Waals surface area contributed by atoms with Crippen LogP contribution in [0.1, 0.15) is 35.9 Å². The molecule has 1 N–H and O–H groups in total. The second-order valence-corrected chi connectivity index (χ2v) is 4.99. The Morgan fingerprint density at radius 2 is 2.14 bits per heavy atom. The van der Waals surface area contributed by atoms with Gasteiger partial charge in [-0.1, -0.05) is 30.7 Å². The maximum Gasteiger partial charge on any atom is 0.358 e. The summed E-state index contributed by atoms with van der Waals surface area (Å²) in [6.45, 7) is 3.59. The topological polar surface area (TPSA) is 111 Å². The first-order valence-electron chi connectivity index (χ1n) is 5.96. The number of aromatic carboxylic acids is 1. The van der Waals surface area contributed by atoms with Crippen LogP contribution in [0.4, 0.5) is 5.69 Å². The first kappa shape index (κ1) is 14.9. The summed E-state index contributed by atoms with van der Waals surface area (Å²) < 4.78 is 1.29. The molecular formula is C12H11ClN4O4. The minimum Gasteiger partial charge on any atom is -0.476 e. The molecule has 2 rings (SSSR count). The number of rotatable bonds is 4. The lowest BCUT2D eigenvalue weighted by Gasteiger charge is -2.11. The third-order valence-corrected chi connectivity index (χ3v) is 3.13. The lowest BCUT2D eigenvalue weighted by Crippen LogP contribution is -2.09. The molecule has 1 heterocycles. The van der Waals surface area contributed by atoms with Crippen molar-refractivity contribution in [2.24, 2.45) is 0 Å². The second kappa shape index (κ2) is 5.49. The molecule has 0 spiro atoms. The van der Waals surface area contributed by atoms with E-state index in [0.717, 1.165) is 0 Å². The van der Waals surface area contributed by atoms with Gasteiger partial charge in [-0.2, -0.15) is 0 Å². The van der Waals surface area contributed by atoms with Gasteiger partial charge in [-0.3, -0.25) is 10.1 Å². The third-order valence-electron chi connectivity index (χ3n) is 2.82. The van der Waals surface area contributed by atoms with Crippen molar-refractivity contribution in [3.63, 3.8) is 0 Å². The first-order chi connectivity index (χ1) is 9.82. The summed E-state index contributed by atoms with van der Waals surface area (Å²) >= 11 is 6.03. The Bertz CT molecular complexity index is 726. The Hall–Kier alpha value is -2.48. The molecule has 0 amide bonds. The molecule has 0 aliphatic rings. The van der Waals surface area contributed by atoms with E-state index in [4.69, 9.17) is 16.7 Å². The van der Waals surface area contributed by atoms with Gasteiger partial charge in [0.25, 0.3) is 5.69 Å². The molecule has 21 heavy (non-hydrogen) atoms. The molecular weight excluding hydrogens is 300 g/mol. The van der Waals surface area contributed by atoms with Crippen molar-refractivity contribution in [1.82, 2.24) is 15.0 Å². The second-order valence-electron chi connectivity index (χ2n) is 4.59.